The van der Waals surface area contributed by atoms with Gasteiger partial charge < -0.3 is 0 Å². The van der Waals surface area contributed by atoms with Crippen molar-refractivity contribution in [3.05, 3.63) is 169 Å². The van der Waals surface area contributed by atoms with Crippen LogP contribution in [0.5, 0.6) is 0 Å². The zero-order chi connectivity index (χ0) is 29.0. The van der Waals surface area contributed by atoms with Crippen LogP contribution in [0.15, 0.2) is 158 Å². The zero-order valence-corrected chi connectivity index (χ0v) is 24.5. The van der Waals surface area contributed by atoms with Gasteiger partial charge in [-0.3, -0.25) is 0 Å². The highest BCUT2D eigenvalue weighted by atomic mass is 14.4. The molecule has 0 unspecified atom stereocenters. The summed E-state index contributed by atoms with van der Waals surface area (Å²) >= 11 is 0. The van der Waals surface area contributed by atoms with E-state index in [0.29, 0.717) is 0 Å². The van der Waals surface area contributed by atoms with E-state index < -0.39 is 0 Å². The average Bonchev–Trinajstić information content (AvgIpc) is 3.30. The third-order valence-corrected chi connectivity index (χ3v) is 9.24. The molecular weight excluding hydrogens is 516 g/mol. The lowest BCUT2D eigenvalue weighted by Crippen LogP contribution is -2.15. The van der Waals surface area contributed by atoms with Crippen molar-refractivity contribution in [2.75, 3.05) is 0 Å². The van der Waals surface area contributed by atoms with Crippen LogP contribution in [0.25, 0.3) is 66.4 Å². The fourth-order valence-electron chi connectivity index (χ4n) is 6.85. The molecule has 1 aliphatic carbocycles. The average molecular weight is 549 g/mol. The molecule has 0 aromatic heterocycles. The Labute approximate surface area is 253 Å². The van der Waals surface area contributed by atoms with Crippen LogP contribution in [0.3, 0.4) is 0 Å². The number of fused-ring (bicyclic) bond motifs is 4. The number of rotatable bonds is 4. The maximum absolute atomic E-state index is 2.43. The molecule has 8 rings (SSSR count). The van der Waals surface area contributed by atoms with Crippen LogP contribution >= 0.6 is 0 Å². The predicted octanol–water partition coefficient (Wildman–Crippen LogP) is 11.8. The van der Waals surface area contributed by atoms with Gasteiger partial charge in [-0.1, -0.05) is 135 Å². The molecule has 0 spiro atoms. The first-order valence-corrected chi connectivity index (χ1v) is 15.1. The van der Waals surface area contributed by atoms with E-state index in [4.69, 9.17) is 0 Å². The normalized spacial score (nSPS) is 13.1. The van der Waals surface area contributed by atoms with E-state index in [-0.39, 0.29) is 5.41 Å². The summed E-state index contributed by atoms with van der Waals surface area (Å²) in [6, 6.07) is 57.9. The fraction of sp³-hybridized carbons (Fsp3) is 0.0698. The van der Waals surface area contributed by atoms with Crippen LogP contribution in [-0.4, -0.2) is 0 Å². The van der Waals surface area contributed by atoms with Gasteiger partial charge in [0.05, 0.1) is 0 Å². The summed E-state index contributed by atoms with van der Waals surface area (Å²) < 4.78 is 0. The van der Waals surface area contributed by atoms with E-state index in [9.17, 15) is 0 Å². The van der Waals surface area contributed by atoms with E-state index in [1.54, 1.807) is 0 Å². The highest BCUT2D eigenvalue weighted by Gasteiger charge is 2.36. The lowest BCUT2D eigenvalue weighted by molar-refractivity contribution is 0.661. The summed E-state index contributed by atoms with van der Waals surface area (Å²) in [5.74, 6) is 0. The first-order chi connectivity index (χ1) is 21.0. The third-order valence-electron chi connectivity index (χ3n) is 9.24. The standard InChI is InChI=1S/C43H32/c1-43(2)41-27-34(33-18-17-31-15-9-10-16-32(31)23-33)19-21-39(41)40-22-20-35(28-42(40)43)38-25-36(29-11-5-3-6-12-29)24-37(26-38)30-13-7-4-8-14-30/h3-28H,1-2H3. The summed E-state index contributed by atoms with van der Waals surface area (Å²) in [5, 5.41) is 2.56. The maximum atomic E-state index is 2.43. The van der Waals surface area contributed by atoms with E-state index >= 15 is 0 Å². The first-order valence-electron chi connectivity index (χ1n) is 15.1. The smallest absolute Gasteiger partial charge is 0.0159 e. The lowest BCUT2D eigenvalue weighted by Gasteiger charge is -2.23. The lowest BCUT2D eigenvalue weighted by atomic mass is 9.80. The van der Waals surface area contributed by atoms with Crippen molar-refractivity contribution in [3.63, 3.8) is 0 Å². The summed E-state index contributed by atoms with van der Waals surface area (Å²) in [6.07, 6.45) is 0. The second-order valence-corrected chi connectivity index (χ2v) is 12.2. The molecule has 0 aliphatic heterocycles. The molecule has 0 heteroatoms. The molecule has 0 saturated carbocycles. The van der Waals surface area contributed by atoms with E-state index in [2.05, 4.69) is 172 Å². The second kappa shape index (κ2) is 9.96. The highest BCUT2D eigenvalue weighted by Crippen LogP contribution is 2.51. The minimum Gasteiger partial charge on any atom is -0.0622 e. The van der Waals surface area contributed by atoms with E-state index in [1.165, 1.54) is 77.5 Å². The van der Waals surface area contributed by atoms with Gasteiger partial charge in [0, 0.05) is 5.41 Å². The molecule has 0 bridgehead atoms. The van der Waals surface area contributed by atoms with Gasteiger partial charge in [-0.2, -0.15) is 0 Å². The Hall–Kier alpha value is -5.20. The van der Waals surface area contributed by atoms with Crippen LogP contribution in [0.1, 0.15) is 25.0 Å². The molecule has 0 amide bonds. The number of hydrogen-bond donors (Lipinski definition) is 0. The topological polar surface area (TPSA) is 0 Å². The fourth-order valence-corrected chi connectivity index (χ4v) is 6.85. The van der Waals surface area contributed by atoms with Crippen molar-refractivity contribution in [1.82, 2.24) is 0 Å². The molecule has 0 nitrogen and oxygen atoms in total. The quantitative estimate of drug-likeness (QED) is 0.205. The Bertz CT molecular complexity index is 2070. The SMILES string of the molecule is CC1(C)c2cc(-c3cc(-c4ccccc4)cc(-c4ccccc4)c3)ccc2-c2ccc(-c3ccc4ccccc4c3)cc21. The predicted molar refractivity (Wildman–Crippen MR) is 183 cm³/mol. The van der Waals surface area contributed by atoms with Crippen molar-refractivity contribution < 1.29 is 0 Å². The van der Waals surface area contributed by atoms with E-state index in [0.717, 1.165) is 0 Å². The molecule has 7 aromatic carbocycles. The summed E-state index contributed by atoms with van der Waals surface area (Å²) in [5.41, 5.74) is 15.3. The van der Waals surface area contributed by atoms with Gasteiger partial charge in [-0.05, 0) is 114 Å². The molecule has 0 fully saturated rings. The van der Waals surface area contributed by atoms with Gasteiger partial charge in [-0.15, -0.1) is 0 Å². The van der Waals surface area contributed by atoms with Crippen LogP contribution in [-0.2, 0) is 5.41 Å². The van der Waals surface area contributed by atoms with Crippen molar-refractivity contribution in [3.8, 4) is 55.6 Å². The summed E-state index contributed by atoms with van der Waals surface area (Å²) in [6.45, 7) is 4.75. The zero-order valence-electron chi connectivity index (χ0n) is 24.5. The molecule has 7 aromatic rings. The van der Waals surface area contributed by atoms with Gasteiger partial charge in [0.1, 0.15) is 0 Å². The highest BCUT2D eigenvalue weighted by molar-refractivity contribution is 5.90. The molecular formula is C43H32. The Morgan fingerprint density at radius 3 is 1.28 bits per heavy atom. The Kier molecular flexibility index (Phi) is 5.91. The molecule has 0 radical (unpaired) electrons. The summed E-state index contributed by atoms with van der Waals surface area (Å²) in [4.78, 5) is 0. The van der Waals surface area contributed by atoms with Gasteiger partial charge in [0.25, 0.3) is 0 Å². The van der Waals surface area contributed by atoms with Gasteiger partial charge in [-0.25, -0.2) is 0 Å². The maximum Gasteiger partial charge on any atom is 0.0159 e. The van der Waals surface area contributed by atoms with Crippen molar-refractivity contribution in [2.45, 2.75) is 19.3 Å². The Morgan fingerprint density at radius 1 is 0.302 bits per heavy atom. The monoisotopic (exact) mass is 548 g/mol. The largest absolute Gasteiger partial charge is 0.0622 e. The third kappa shape index (κ3) is 4.39. The number of hydrogen-bond acceptors (Lipinski definition) is 0. The van der Waals surface area contributed by atoms with Crippen LogP contribution in [0.2, 0.25) is 0 Å². The van der Waals surface area contributed by atoms with Gasteiger partial charge >= 0.3 is 0 Å². The van der Waals surface area contributed by atoms with Gasteiger partial charge in [0.2, 0.25) is 0 Å². The van der Waals surface area contributed by atoms with E-state index in [1.807, 2.05) is 0 Å². The number of benzene rings is 7. The molecule has 43 heavy (non-hydrogen) atoms. The van der Waals surface area contributed by atoms with Gasteiger partial charge in [0.15, 0.2) is 0 Å². The van der Waals surface area contributed by atoms with Crippen molar-refractivity contribution in [1.29, 1.82) is 0 Å². The molecule has 0 N–H and O–H groups in total. The van der Waals surface area contributed by atoms with Crippen LogP contribution < -0.4 is 0 Å². The minimum atomic E-state index is -0.104. The molecule has 1 aliphatic rings. The molecule has 0 atom stereocenters. The minimum absolute atomic E-state index is 0.104. The molecule has 0 heterocycles. The Morgan fingerprint density at radius 2 is 0.721 bits per heavy atom. The van der Waals surface area contributed by atoms with Crippen LogP contribution in [0.4, 0.5) is 0 Å². The second-order valence-electron chi connectivity index (χ2n) is 12.2. The van der Waals surface area contributed by atoms with Crippen LogP contribution in [0, 0.1) is 0 Å². The molecule has 204 valence electrons. The van der Waals surface area contributed by atoms with Crippen molar-refractivity contribution >= 4 is 10.8 Å². The Balaban J connectivity index is 1.23. The molecule has 0 saturated heterocycles. The first kappa shape index (κ1) is 25.5. The summed E-state index contributed by atoms with van der Waals surface area (Å²) in [7, 11) is 0. The van der Waals surface area contributed by atoms with Crippen molar-refractivity contribution in [2.24, 2.45) is 0 Å².